The molecule has 2 aromatic rings. The zero-order chi connectivity index (χ0) is 20.2. The lowest BCUT2D eigenvalue weighted by molar-refractivity contribution is -0.119. The van der Waals surface area contributed by atoms with Gasteiger partial charge in [-0.25, -0.2) is 0 Å². The number of carbonyl (C=O) groups is 2. The maximum absolute atomic E-state index is 12.5. The number of rotatable bonds is 6. The van der Waals surface area contributed by atoms with Crippen LogP contribution >= 0.6 is 27.7 Å². The van der Waals surface area contributed by atoms with Gasteiger partial charge in [-0.05, 0) is 55.8 Å². The lowest BCUT2D eigenvalue weighted by Gasteiger charge is -2.20. The second-order valence-electron chi connectivity index (χ2n) is 7.16. The Balaban J connectivity index is 2.00. The highest BCUT2D eigenvalue weighted by atomic mass is 79.9. The molecule has 0 aliphatic rings. The Labute approximate surface area is 171 Å². The van der Waals surface area contributed by atoms with Crippen molar-refractivity contribution in [2.24, 2.45) is 7.05 Å². The molecule has 0 spiro atoms. The van der Waals surface area contributed by atoms with Crippen molar-refractivity contribution in [1.29, 1.82) is 0 Å². The first kappa shape index (κ1) is 21.4. The van der Waals surface area contributed by atoms with Crippen LogP contribution in [0.5, 0.6) is 0 Å². The van der Waals surface area contributed by atoms with Gasteiger partial charge in [0, 0.05) is 17.1 Å². The fourth-order valence-corrected chi connectivity index (χ4v) is 3.58. The van der Waals surface area contributed by atoms with Gasteiger partial charge in [0.15, 0.2) is 11.0 Å². The van der Waals surface area contributed by atoms with Crippen LogP contribution in [0.2, 0.25) is 0 Å². The first-order valence-electron chi connectivity index (χ1n) is 8.47. The molecular formula is C18H24BrN5O2S. The van der Waals surface area contributed by atoms with E-state index in [2.05, 4.69) is 36.8 Å². The summed E-state index contributed by atoms with van der Waals surface area (Å²) in [5.74, 6) is 0.610. The number of aromatic nitrogens is 3. The molecule has 27 heavy (non-hydrogen) atoms. The summed E-state index contributed by atoms with van der Waals surface area (Å²) >= 11 is 4.69. The highest BCUT2D eigenvalue weighted by Gasteiger charge is 2.20. The van der Waals surface area contributed by atoms with Crippen molar-refractivity contribution in [3.63, 3.8) is 0 Å². The van der Waals surface area contributed by atoms with Gasteiger partial charge in [-0.2, -0.15) is 0 Å². The molecule has 7 nitrogen and oxygen atoms in total. The molecule has 0 radical (unpaired) electrons. The predicted octanol–water partition coefficient (Wildman–Crippen LogP) is 3.08. The molecule has 2 N–H and O–H groups in total. The second-order valence-corrected chi connectivity index (χ2v) is 8.96. The lowest BCUT2D eigenvalue weighted by Crippen LogP contribution is -2.41. The second kappa shape index (κ2) is 8.88. The molecule has 0 unspecified atom stereocenters. The molecule has 146 valence electrons. The Morgan fingerprint density at radius 3 is 2.56 bits per heavy atom. The number of carbonyl (C=O) groups excluding carboxylic acids is 2. The molecule has 9 heteroatoms. The number of halogens is 1. The number of hydrogen-bond acceptors (Lipinski definition) is 5. The molecule has 0 saturated carbocycles. The lowest BCUT2D eigenvalue weighted by atomic mass is 10.1. The van der Waals surface area contributed by atoms with Gasteiger partial charge < -0.3 is 15.2 Å². The van der Waals surface area contributed by atoms with Gasteiger partial charge in [0.05, 0.1) is 17.4 Å². The molecule has 1 atom stereocenters. The van der Waals surface area contributed by atoms with Crippen LogP contribution in [-0.2, 0) is 11.8 Å². The number of amides is 2. The largest absolute Gasteiger partial charge is 0.351 e. The normalized spacial score (nSPS) is 12.5. The molecule has 0 aliphatic heterocycles. The van der Waals surface area contributed by atoms with E-state index in [1.807, 2.05) is 52.9 Å². The van der Waals surface area contributed by atoms with E-state index in [-0.39, 0.29) is 29.1 Å². The van der Waals surface area contributed by atoms with Gasteiger partial charge in [-0.1, -0.05) is 23.9 Å². The monoisotopic (exact) mass is 453 g/mol. The van der Waals surface area contributed by atoms with Crippen molar-refractivity contribution >= 4 is 39.5 Å². The summed E-state index contributed by atoms with van der Waals surface area (Å²) < 4.78 is 2.52. The minimum Gasteiger partial charge on any atom is -0.351 e. The molecule has 2 rings (SSSR count). The summed E-state index contributed by atoms with van der Waals surface area (Å²) in [6.45, 7) is 7.65. The van der Waals surface area contributed by atoms with Gasteiger partial charge >= 0.3 is 0 Å². The Bertz CT molecular complexity index is 831. The van der Waals surface area contributed by atoms with Crippen molar-refractivity contribution < 1.29 is 9.59 Å². The van der Waals surface area contributed by atoms with E-state index in [1.54, 1.807) is 10.6 Å². The van der Waals surface area contributed by atoms with Crippen LogP contribution in [-0.4, -0.2) is 37.9 Å². The molecule has 1 heterocycles. The van der Waals surface area contributed by atoms with Crippen LogP contribution in [0, 0.1) is 0 Å². The molecule has 0 aliphatic carbocycles. The fourth-order valence-electron chi connectivity index (χ4n) is 2.40. The molecule has 0 bridgehead atoms. The molecule has 2 amide bonds. The number of benzene rings is 1. The van der Waals surface area contributed by atoms with Crippen LogP contribution in [0.4, 0.5) is 0 Å². The molecule has 1 aromatic heterocycles. The fraction of sp³-hybridized carbons (Fsp3) is 0.444. The van der Waals surface area contributed by atoms with Gasteiger partial charge in [-0.15, -0.1) is 10.2 Å². The van der Waals surface area contributed by atoms with E-state index in [1.165, 1.54) is 11.8 Å². The maximum atomic E-state index is 12.5. The average molecular weight is 454 g/mol. The molecular weight excluding hydrogens is 430 g/mol. The predicted molar refractivity (Wildman–Crippen MR) is 110 cm³/mol. The third-order valence-electron chi connectivity index (χ3n) is 3.57. The van der Waals surface area contributed by atoms with Crippen molar-refractivity contribution in [3.8, 4) is 0 Å². The zero-order valence-electron chi connectivity index (χ0n) is 16.0. The highest BCUT2D eigenvalue weighted by molar-refractivity contribution is 9.10. The third kappa shape index (κ3) is 6.07. The topological polar surface area (TPSA) is 88.9 Å². The van der Waals surface area contributed by atoms with E-state index in [0.717, 1.165) is 4.47 Å². The third-order valence-corrected chi connectivity index (χ3v) is 5.28. The number of thioether (sulfide) groups is 1. The van der Waals surface area contributed by atoms with Gasteiger partial charge in [-0.3, -0.25) is 9.59 Å². The van der Waals surface area contributed by atoms with Crippen molar-refractivity contribution in [1.82, 2.24) is 25.4 Å². The standard InChI is InChI=1S/C18H24BrN5O2S/c1-11(20-16(26)12-8-6-7-9-13(12)19)15-22-23-17(24(15)5)27-10-14(25)21-18(2,3)4/h6-9,11H,10H2,1-5H3,(H,20,26)(H,21,25)/t11-/m1/s1. The quantitative estimate of drug-likeness (QED) is 0.655. The summed E-state index contributed by atoms with van der Waals surface area (Å²) in [5, 5.41) is 14.8. The maximum Gasteiger partial charge on any atom is 0.253 e. The van der Waals surface area contributed by atoms with Crippen LogP contribution in [0.1, 0.15) is 49.9 Å². The van der Waals surface area contributed by atoms with Gasteiger partial charge in [0.2, 0.25) is 5.91 Å². The molecule has 1 aromatic carbocycles. The van der Waals surface area contributed by atoms with Crippen molar-refractivity contribution in [2.45, 2.75) is 44.4 Å². The summed E-state index contributed by atoms with van der Waals surface area (Å²) in [6, 6.07) is 6.90. The van der Waals surface area contributed by atoms with E-state index < -0.39 is 0 Å². The molecule has 0 fully saturated rings. The smallest absolute Gasteiger partial charge is 0.253 e. The van der Waals surface area contributed by atoms with E-state index in [9.17, 15) is 9.59 Å². The first-order valence-corrected chi connectivity index (χ1v) is 10.2. The summed E-state index contributed by atoms with van der Waals surface area (Å²) in [6.07, 6.45) is 0. The van der Waals surface area contributed by atoms with Crippen molar-refractivity contribution in [3.05, 3.63) is 40.1 Å². The van der Waals surface area contributed by atoms with Gasteiger partial charge in [0.25, 0.3) is 5.91 Å². The minimum absolute atomic E-state index is 0.0627. The van der Waals surface area contributed by atoms with Crippen LogP contribution in [0.25, 0.3) is 0 Å². The Hall–Kier alpha value is -1.87. The Kier molecular flexibility index (Phi) is 7.05. The molecule has 0 saturated heterocycles. The summed E-state index contributed by atoms with van der Waals surface area (Å²) in [7, 11) is 1.82. The summed E-state index contributed by atoms with van der Waals surface area (Å²) in [5.41, 5.74) is 0.285. The number of nitrogens with one attached hydrogen (secondary N) is 2. The number of nitrogens with zero attached hydrogens (tertiary/aromatic N) is 3. The Morgan fingerprint density at radius 1 is 1.26 bits per heavy atom. The van der Waals surface area contributed by atoms with Crippen molar-refractivity contribution in [2.75, 3.05) is 5.75 Å². The van der Waals surface area contributed by atoms with Crippen LogP contribution < -0.4 is 10.6 Å². The SMILES string of the molecule is C[C@@H](NC(=O)c1ccccc1Br)c1nnc(SCC(=O)NC(C)(C)C)n1C. The zero-order valence-corrected chi connectivity index (χ0v) is 18.4. The van der Waals surface area contributed by atoms with Crippen LogP contribution in [0.3, 0.4) is 0 Å². The Morgan fingerprint density at radius 2 is 1.93 bits per heavy atom. The number of hydrogen-bond donors (Lipinski definition) is 2. The van der Waals surface area contributed by atoms with E-state index >= 15 is 0 Å². The van der Waals surface area contributed by atoms with Crippen LogP contribution in [0.15, 0.2) is 33.9 Å². The first-order chi connectivity index (χ1) is 12.6. The van der Waals surface area contributed by atoms with E-state index in [0.29, 0.717) is 16.5 Å². The minimum atomic E-state index is -0.333. The summed E-state index contributed by atoms with van der Waals surface area (Å²) in [4.78, 5) is 24.4. The van der Waals surface area contributed by atoms with Gasteiger partial charge in [0.1, 0.15) is 0 Å². The average Bonchev–Trinajstić information content (AvgIpc) is 2.92. The van der Waals surface area contributed by atoms with E-state index in [4.69, 9.17) is 0 Å². The highest BCUT2D eigenvalue weighted by Crippen LogP contribution is 2.21.